The van der Waals surface area contributed by atoms with Gasteiger partial charge >= 0.3 is 5.97 Å². The Hall–Kier alpha value is -1.56. The fourth-order valence-corrected chi connectivity index (χ4v) is 3.29. The number of ether oxygens (including phenoxy) is 1. The molecule has 0 bridgehead atoms. The van der Waals surface area contributed by atoms with Crippen molar-refractivity contribution in [3.05, 3.63) is 0 Å². The lowest BCUT2D eigenvalue weighted by Gasteiger charge is -2.39. The van der Waals surface area contributed by atoms with Crippen LogP contribution in [0.15, 0.2) is 4.99 Å². The Morgan fingerprint density at radius 1 is 1.38 bits per heavy atom. The Bertz CT molecular complexity index is 520. The summed E-state index contributed by atoms with van der Waals surface area (Å²) in [6.45, 7) is 7.24. The maximum Gasteiger partial charge on any atom is 0.316 e. The highest BCUT2D eigenvalue weighted by atomic mass is 16.5. The summed E-state index contributed by atoms with van der Waals surface area (Å²) in [6.07, 6.45) is 1.86. The first-order chi connectivity index (χ1) is 11.2. The van der Waals surface area contributed by atoms with E-state index in [0.29, 0.717) is 25.0 Å². The second-order valence-corrected chi connectivity index (χ2v) is 7.04. The molecule has 0 spiro atoms. The van der Waals surface area contributed by atoms with Gasteiger partial charge < -0.3 is 9.84 Å². The first-order valence-corrected chi connectivity index (χ1v) is 8.55. The molecule has 1 aliphatic carbocycles. The van der Waals surface area contributed by atoms with Crippen LogP contribution in [-0.2, 0) is 19.1 Å². The Labute approximate surface area is 143 Å². The zero-order valence-corrected chi connectivity index (χ0v) is 15.3. The van der Waals surface area contributed by atoms with Crippen LogP contribution in [-0.4, -0.2) is 48.1 Å². The summed E-state index contributed by atoms with van der Waals surface area (Å²) in [7, 11) is 1.25. The Kier molecular flexibility index (Phi) is 7.27. The molecule has 0 aliphatic heterocycles. The van der Waals surface area contributed by atoms with Crippen LogP contribution in [0.2, 0.25) is 0 Å². The molecule has 136 valence electrons. The summed E-state index contributed by atoms with van der Waals surface area (Å²) in [6, 6.07) is -0.338. The highest BCUT2D eigenvalue weighted by molar-refractivity contribution is 6.26. The average Bonchev–Trinajstić information content (AvgIpc) is 2.51. The number of carbonyl (C=O) groups is 3. The van der Waals surface area contributed by atoms with Crippen LogP contribution < -0.4 is 0 Å². The van der Waals surface area contributed by atoms with Gasteiger partial charge in [0.1, 0.15) is 17.6 Å². The highest BCUT2D eigenvalue weighted by Crippen LogP contribution is 2.41. The van der Waals surface area contributed by atoms with Crippen LogP contribution in [0.5, 0.6) is 0 Å². The highest BCUT2D eigenvalue weighted by Gasteiger charge is 2.52. The third kappa shape index (κ3) is 4.29. The number of aliphatic imine (C=N–C) groups is 1. The molecule has 0 radical (unpaired) electrons. The summed E-state index contributed by atoms with van der Waals surface area (Å²) in [5.41, 5.74) is -0.191. The number of hydrogen-bond donors (Lipinski definition) is 1. The number of carbonyl (C=O) groups excluding carboxylic acids is 3. The maximum absolute atomic E-state index is 13.0. The molecule has 3 atom stereocenters. The smallest absolute Gasteiger partial charge is 0.316 e. The van der Waals surface area contributed by atoms with Crippen molar-refractivity contribution in [1.29, 1.82) is 0 Å². The van der Waals surface area contributed by atoms with Crippen LogP contribution in [0.3, 0.4) is 0 Å². The van der Waals surface area contributed by atoms with Gasteiger partial charge in [-0.2, -0.15) is 0 Å². The Balaban J connectivity index is 3.35. The molecule has 0 aromatic heterocycles. The number of nitrogens with zero attached hydrogens (tertiary/aromatic N) is 1. The molecule has 1 aliphatic rings. The van der Waals surface area contributed by atoms with E-state index in [0.717, 1.165) is 0 Å². The first-order valence-electron chi connectivity index (χ1n) is 8.55. The van der Waals surface area contributed by atoms with Gasteiger partial charge in [-0.1, -0.05) is 27.7 Å². The molecule has 0 aromatic carbocycles. The molecule has 1 saturated carbocycles. The summed E-state index contributed by atoms with van der Waals surface area (Å²) < 4.78 is 4.79. The van der Waals surface area contributed by atoms with Crippen molar-refractivity contribution in [3.8, 4) is 0 Å². The van der Waals surface area contributed by atoms with E-state index in [1.807, 2.05) is 27.7 Å². The predicted molar refractivity (Wildman–Crippen MR) is 90.9 cm³/mol. The van der Waals surface area contributed by atoms with E-state index in [1.54, 1.807) is 0 Å². The van der Waals surface area contributed by atoms with Gasteiger partial charge in [-0.05, 0) is 24.7 Å². The Morgan fingerprint density at radius 2 is 2.00 bits per heavy atom. The van der Waals surface area contributed by atoms with Gasteiger partial charge in [-0.15, -0.1) is 0 Å². The van der Waals surface area contributed by atoms with Crippen LogP contribution in [0.25, 0.3) is 0 Å². The van der Waals surface area contributed by atoms with E-state index in [2.05, 4.69) is 4.99 Å². The minimum atomic E-state index is -0.998. The van der Waals surface area contributed by atoms with E-state index < -0.39 is 29.0 Å². The van der Waals surface area contributed by atoms with Crippen LogP contribution in [0, 0.1) is 17.3 Å². The van der Waals surface area contributed by atoms with Crippen molar-refractivity contribution < 1.29 is 24.2 Å². The molecule has 6 heteroatoms. The number of rotatable bonds is 7. The quantitative estimate of drug-likeness (QED) is 0.565. The van der Waals surface area contributed by atoms with Crippen LogP contribution in [0.4, 0.5) is 0 Å². The van der Waals surface area contributed by atoms with Crippen molar-refractivity contribution in [2.24, 2.45) is 22.2 Å². The topological polar surface area (TPSA) is 93.0 Å². The number of ketones is 2. The fraction of sp³-hybridized carbons (Fsp3) is 0.778. The number of Topliss-reactive ketones (excluding diaryl/α,β-unsaturated/α-hetero) is 2. The largest absolute Gasteiger partial charge is 0.468 e. The van der Waals surface area contributed by atoms with Gasteiger partial charge in [0, 0.05) is 12.1 Å². The molecule has 1 rings (SSSR count). The molecule has 6 nitrogen and oxygen atoms in total. The number of methoxy groups -OCH3 is 1. The molecular formula is C18H29NO5. The van der Waals surface area contributed by atoms with E-state index in [9.17, 15) is 19.5 Å². The van der Waals surface area contributed by atoms with Gasteiger partial charge in [0.25, 0.3) is 0 Å². The van der Waals surface area contributed by atoms with Crippen molar-refractivity contribution in [1.82, 2.24) is 0 Å². The van der Waals surface area contributed by atoms with E-state index in [1.165, 1.54) is 7.11 Å². The maximum atomic E-state index is 13.0. The molecule has 1 fully saturated rings. The summed E-state index contributed by atoms with van der Waals surface area (Å²) in [5, 5.41) is 9.41. The zero-order valence-electron chi connectivity index (χ0n) is 15.3. The van der Waals surface area contributed by atoms with Gasteiger partial charge in [-0.3, -0.25) is 19.4 Å². The molecule has 0 saturated heterocycles. The predicted octanol–water partition coefficient (Wildman–Crippen LogP) is 1.97. The lowest BCUT2D eigenvalue weighted by atomic mass is 9.62. The molecule has 0 amide bonds. The van der Waals surface area contributed by atoms with Crippen molar-refractivity contribution in [2.75, 3.05) is 13.7 Å². The standard InChI is InChI=1S/C18H29NO5/c1-6-8-13(21)14-12(19-11(7-2)10-20)9-18(3,4)15(16(14)22)17(23)24-5/h11,14-15,20H,6-10H2,1-5H3/t11-,14+,15-/m1/s1. The minimum absolute atomic E-state index is 0.135. The molecule has 1 N–H and O–H groups in total. The second-order valence-electron chi connectivity index (χ2n) is 7.04. The zero-order chi connectivity index (χ0) is 18.5. The molecular weight excluding hydrogens is 310 g/mol. The monoisotopic (exact) mass is 339 g/mol. The fourth-order valence-electron chi connectivity index (χ4n) is 3.29. The minimum Gasteiger partial charge on any atom is -0.468 e. The molecule has 0 aromatic rings. The van der Waals surface area contributed by atoms with E-state index in [-0.39, 0.29) is 24.9 Å². The number of aliphatic hydroxyl groups excluding tert-OH is 1. The van der Waals surface area contributed by atoms with Gasteiger partial charge in [0.05, 0.1) is 19.8 Å². The lowest BCUT2D eigenvalue weighted by molar-refractivity contribution is -0.156. The van der Waals surface area contributed by atoms with Gasteiger partial charge in [-0.25, -0.2) is 0 Å². The van der Waals surface area contributed by atoms with Crippen molar-refractivity contribution in [2.45, 2.75) is 59.4 Å². The average molecular weight is 339 g/mol. The lowest BCUT2D eigenvalue weighted by Crippen LogP contribution is -2.52. The van der Waals surface area contributed by atoms with Gasteiger partial charge in [0.15, 0.2) is 5.78 Å². The summed E-state index contributed by atoms with van der Waals surface area (Å²) >= 11 is 0. The SMILES string of the molecule is CCCC(=O)[C@H]1C(=O)[C@H](C(=O)OC)C(C)(C)CC1=N[C@H](CC)CO. The van der Waals surface area contributed by atoms with E-state index >= 15 is 0 Å². The molecule has 0 heterocycles. The number of esters is 1. The normalized spacial score (nSPS) is 26.2. The Morgan fingerprint density at radius 3 is 2.46 bits per heavy atom. The summed E-state index contributed by atoms with van der Waals surface area (Å²) in [5.74, 6) is -3.21. The van der Waals surface area contributed by atoms with E-state index in [4.69, 9.17) is 4.74 Å². The third-order valence-electron chi connectivity index (χ3n) is 4.61. The third-order valence-corrected chi connectivity index (χ3v) is 4.61. The summed E-state index contributed by atoms with van der Waals surface area (Å²) in [4.78, 5) is 42.1. The van der Waals surface area contributed by atoms with Crippen LogP contribution in [0.1, 0.15) is 53.4 Å². The molecule has 24 heavy (non-hydrogen) atoms. The van der Waals surface area contributed by atoms with Crippen molar-refractivity contribution in [3.63, 3.8) is 0 Å². The van der Waals surface area contributed by atoms with Gasteiger partial charge in [0.2, 0.25) is 0 Å². The second kappa shape index (κ2) is 8.51. The number of hydrogen-bond acceptors (Lipinski definition) is 6. The first kappa shape index (κ1) is 20.5. The van der Waals surface area contributed by atoms with Crippen molar-refractivity contribution >= 4 is 23.2 Å². The number of aliphatic hydroxyl groups is 1. The molecule has 0 unspecified atom stereocenters. The van der Waals surface area contributed by atoms with Crippen LogP contribution >= 0.6 is 0 Å².